The summed E-state index contributed by atoms with van der Waals surface area (Å²) in [7, 11) is 0. The predicted octanol–water partition coefficient (Wildman–Crippen LogP) is 1.98. The summed E-state index contributed by atoms with van der Waals surface area (Å²) in [6.07, 6.45) is 1.68. The van der Waals surface area contributed by atoms with Gasteiger partial charge < -0.3 is 10.6 Å². The summed E-state index contributed by atoms with van der Waals surface area (Å²) in [5, 5.41) is 0.944. The van der Waals surface area contributed by atoms with Gasteiger partial charge in [0, 0.05) is 18.1 Å². The molecule has 4 nitrogen and oxygen atoms in total. The number of thiocarbonyl (C=S) groups is 1. The fourth-order valence-electron chi connectivity index (χ4n) is 1.96. The Morgan fingerprint density at radius 2 is 2.11 bits per heavy atom. The molecule has 5 heteroatoms. The molecule has 0 radical (unpaired) electrons. The fourth-order valence-corrected chi connectivity index (χ4v) is 2.12. The zero-order chi connectivity index (χ0) is 13.8. The number of fused-ring (bicyclic) bond motifs is 1. The second-order valence-electron chi connectivity index (χ2n) is 4.17. The van der Waals surface area contributed by atoms with E-state index >= 15 is 0 Å². The monoisotopic (exact) mass is 273 g/mol. The molecule has 0 spiro atoms. The number of nitrogens with zero attached hydrogens (tertiary/aromatic N) is 2. The van der Waals surface area contributed by atoms with Crippen molar-refractivity contribution in [3.05, 3.63) is 42.1 Å². The number of benzene rings is 1. The lowest BCUT2D eigenvalue weighted by molar-refractivity contribution is 0.0789. The highest BCUT2D eigenvalue weighted by Gasteiger charge is 2.17. The van der Waals surface area contributed by atoms with Gasteiger partial charge in [0.25, 0.3) is 5.91 Å². The van der Waals surface area contributed by atoms with Crippen LogP contribution in [0.2, 0.25) is 0 Å². The highest BCUT2D eigenvalue weighted by Crippen LogP contribution is 2.17. The Balaban J connectivity index is 2.43. The minimum atomic E-state index is -0.0976. The predicted molar refractivity (Wildman–Crippen MR) is 80.1 cm³/mol. The van der Waals surface area contributed by atoms with Crippen molar-refractivity contribution in [3.8, 4) is 0 Å². The van der Waals surface area contributed by atoms with Crippen LogP contribution in [0.3, 0.4) is 0 Å². The van der Waals surface area contributed by atoms with Gasteiger partial charge in [-0.05, 0) is 19.1 Å². The van der Waals surface area contributed by atoms with E-state index in [1.165, 1.54) is 0 Å². The van der Waals surface area contributed by atoms with Gasteiger partial charge >= 0.3 is 0 Å². The standard InChI is InChI=1S/C14H15N3OS/c1-2-17(9-12(15)19)14(18)11-7-3-5-10-6-4-8-16-13(10)11/h3-8H,2,9H2,1H3,(H2,15,19). The number of nitrogens with two attached hydrogens (primary N) is 1. The number of likely N-dealkylation sites (N-methyl/N-ethyl adjacent to an activating group) is 1. The maximum atomic E-state index is 12.5. The Kier molecular flexibility index (Phi) is 4.06. The Morgan fingerprint density at radius 3 is 2.79 bits per heavy atom. The number of aromatic nitrogens is 1. The first kappa shape index (κ1) is 13.4. The second-order valence-corrected chi connectivity index (χ2v) is 4.69. The van der Waals surface area contributed by atoms with Crippen LogP contribution in [0, 0.1) is 0 Å². The summed E-state index contributed by atoms with van der Waals surface area (Å²) in [6.45, 7) is 2.74. The third-order valence-corrected chi connectivity index (χ3v) is 3.01. The van der Waals surface area contributed by atoms with Gasteiger partial charge in [0.2, 0.25) is 0 Å². The largest absolute Gasteiger partial charge is 0.392 e. The van der Waals surface area contributed by atoms with Crippen LogP contribution in [0.25, 0.3) is 10.9 Å². The van der Waals surface area contributed by atoms with Gasteiger partial charge in [0.15, 0.2) is 0 Å². The Bertz CT molecular complexity index is 622. The van der Waals surface area contributed by atoms with Crippen molar-refractivity contribution in [1.29, 1.82) is 0 Å². The number of carbonyl (C=O) groups is 1. The lowest BCUT2D eigenvalue weighted by Gasteiger charge is -2.20. The molecule has 1 amide bonds. The molecule has 0 aliphatic carbocycles. The second kappa shape index (κ2) is 5.75. The number of amides is 1. The molecule has 0 unspecified atom stereocenters. The van der Waals surface area contributed by atoms with E-state index in [1.54, 1.807) is 17.2 Å². The van der Waals surface area contributed by atoms with Crippen LogP contribution in [0.15, 0.2) is 36.5 Å². The lowest BCUT2D eigenvalue weighted by Crippen LogP contribution is -2.37. The van der Waals surface area contributed by atoms with Crippen LogP contribution in [0.5, 0.6) is 0 Å². The molecule has 2 N–H and O–H groups in total. The molecule has 1 aromatic carbocycles. The maximum absolute atomic E-state index is 12.5. The van der Waals surface area contributed by atoms with Crippen molar-refractivity contribution in [2.45, 2.75) is 6.92 Å². The van der Waals surface area contributed by atoms with E-state index in [0.717, 1.165) is 5.39 Å². The molecule has 0 saturated carbocycles. The molecule has 1 aromatic heterocycles. The first-order valence-corrected chi connectivity index (χ1v) is 6.45. The first-order valence-electron chi connectivity index (χ1n) is 6.04. The van der Waals surface area contributed by atoms with Gasteiger partial charge in [-0.1, -0.05) is 30.4 Å². The normalized spacial score (nSPS) is 10.4. The Hall–Kier alpha value is -2.01. The van der Waals surface area contributed by atoms with Crippen LogP contribution in [0.4, 0.5) is 0 Å². The van der Waals surface area contributed by atoms with Crippen LogP contribution < -0.4 is 5.73 Å². The van der Waals surface area contributed by atoms with Gasteiger partial charge in [-0.25, -0.2) is 0 Å². The van der Waals surface area contributed by atoms with Crippen molar-refractivity contribution in [1.82, 2.24) is 9.88 Å². The van der Waals surface area contributed by atoms with Crippen molar-refractivity contribution in [2.75, 3.05) is 13.1 Å². The van der Waals surface area contributed by atoms with Gasteiger partial charge in [-0.15, -0.1) is 0 Å². The summed E-state index contributed by atoms with van der Waals surface area (Å²) >= 11 is 4.87. The molecule has 2 rings (SSSR count). The summed E-state index contributed by atoms with van der Waals surface area (Å²) in [5.41, 5.74) is 6.80. The summed E-state index contributed by atoms with van der Waals surface area (Å²) in [6, 6.07) is 9.35. The van der Waals surface area contributed by atoms with E-state index < -0.39 is 0 Å². The number of para-hydroxylation sites is 1. The highest BCUT2D eigenvalue weighted by atomic mass is 32.1. The summed E-state index contributed by atoms with van der Waals surface area (Å²) in [4.78, 5) is 18.7. The van der Waals surface area contributed by atoms with Crippen molar-refractivity contribution >= 4 is 34.0 Å². The first-order chi connectivity index (χ1) is 9.13. The number of pyridine rings is 1. The van der Waals surface area contributed by atoms with E-state index in [4.69, 9.17) is 18.0 Å². The third-order valence-electron chi connectivity index (χ3n) is 2.88. The van der Waals surface area contributed by atoms with Gasteiger partial charge in [-0.2, -0.15) is 0 Å². The summed E-state index contributed by atoms with van der Waals surface area (Å²) < 4.78 is 0. The summed E-state index contributed by atoms with van der Waals surface area (Å²) in [5.74, 6) is -0.0976. The number of hydrogen-bond donors (Lipinski definition) is 1. The average Bonchev–Trinajstić information content (AvgIpc) is 2.43. The van der Waals surface area contributed by atoms with E-state index in [1.807, 2.05) is 31.2 Å². The van der Waals surface area contributed by atoms with E-state index in [0.29, 0.717) is 22.6 Å². The Labute approximate surface area is 117 Å². The minimum absolute atomic E-state index is 0.0976. The van der Waals surface area contributed by atoms with Gasteiger partial charge in [0.05, 0.1) is 22.6 Å². The molecule has 0 aliphatic heterocycles. The zero-order valence-corrected chi connectivity index (χ0v) is 11.5. The molecule has 0 saturated heterocycles. The number of hydrogen-bond acceptors (Lipinski definition) is 3. The molecular formula is C14H15N3OS. The molecule has 2 aromatic rings. The van der Waals surface area contributed by atoms with Crippen LogP contribution in [0.1, 0.15) is 17.3 Å². The molecular weight excluding hydrogens is 258 g/mol. The molecule has 0 bridgehead atoms. The SMILES string of the molecule is CCN(CC(N)=S)C(=O)c1cccc2cccnc12. The van der Waals surface area contributed by atoms with Crippen molar-refractivity contribution in [3.63, 3.8) is 0 Å². The molecule has 19 heavy (non-hydrogen) atoms. The molecule has 1 heterocycles. The molecule has 98 valence electrons. The van der Waals surface area contributed by atoms with Crippen molar-refractivity contribution < 1.29 is 4.79 Å². The highest BCUT2D eigenvalue weighted by molar-refractivity contribution is 7.80. The number of rotatable bonds is 4. The van der Waals surface area contributed by atoms with E-state index in [2.05, 4.69) is 4.98 Å². The van der Waals surface area contributed by atoms with Crippen LogP contribution >= 0.6 is 12.2 Å². The van der Waals surface area contributed by atoms with Crippen molar-refractivity contribution in [2.24, 2.45) is 5.73 Å². The third kappa shape index (κ3) is 2.88. The molecule has 0 aliphatic rings. The number of carbonyl (C=O) groups excluding carboxylic acids is 1. The van der Waals surface area contributed by atoms with E-state index in [9.17, 15) is 4.79 Å². The average molecular weight is 273 g/mol. The molecule has 0 atom stereocenters. The van der Waals surface area contributed by atoms with Crippen LogP contribution in [-0.2, 0) is 0 Å². The minimum Gasteiger partial charge on any atom is -0.392 e. The maximum Gasteiger partial charge on any atom is 0.256 e. The zero-order valence-electron chi connectivity index (χ0n) is 10.7. The Morgan fingerprint density at radius 1 is 1.37 bits per heavy atom. The fraction of sp³-hybridized carbons (Fsp3) is 0.214. The molecule has 0 fully saturated rings. The lowest BCUT2D eigenvalue weighted by atomic mass is 10.1. The van der Waals surface area contributed by atoms with E-state index in [-0.39, 0.29) is 12.5 Å². The smallest absolute Gasteiger partial charge is 0.256 e. The van der Waals surface area contributed by atoms with Crippen LogP contribution in [-0.4, -0.2) is 33.9 Å². The van der Waals surface area contributed by atoms with Gasteiger partial charge in [-0.3, -0.25) is 9.78 Å². The van der Waals surface area contributed by atoms with Gasteiger partial charge in [0.1, 0.15) is 0 Å². The quantitative estimate of drug-likeness (QED) is 0.865. The topological polar surface area (TPSA) is 59.2 Å².